The van der Waals surface area contributed by atoms with E-state index in [1.54, 1.807) is 18.2 Å². The molecule has 0 saturated heterocycles. The third-order valence-corrected chi connectivity index (χ3v) is 3.94. The van der Waals surface area contributed by atoms with E-state index in [1.807, 2.05) is 6.92 Å². The Labute approximate surface area is 122 Å². The van der Waals surface area contributed by atoms with Crippen LogP contribution in [-0.2, 0) is 4.79 Å². The van der Waals surface area contributed by atoms with Gasteiger partial charge in [-0.25, -0.2) is 4.98 Å². The van der Waals surface area contributed by atoms with Gasteiger partial charge in [-0.3, -0.25) is 4.79 Å². The lowest BCUT2D eigenvalue weighted by atomic mass is 10.1. The number of thioether (sulfide) groups is 1. The Hall–Kier alpha value is -1.69. The SMILES string of the molecule is CC(C)C(C)NC(=O)CSc1nc2ccc(N)cc2o1. The number of oxazole rings is 1. The fourth-order valence-electron chi connectivity index (χ4n) is 1.57. The average Bonchev–Trinajstić information content (AvgIpc) is 2.78. The number of carbonyl (C=O) groups excluding carboxylic acids is 1. The van der Waals surface area contributed by atoms with Gasteiger partial charge in [0.25, 0.3) is 5.22 Å². The minimum absolute atomic E-state index is 0.0158. The van der Waals surface area contributed by atoms with Crippen LogP contribution < -0.4 is 11.1 Å². The number of nitrogen functional groups attached to an aromatic ring is 1. The first kappa shape index (κ1) is 14.7. The summed E-state index contributed by atoms with van der Waals surface area (Å²) in [5.74, 6) is 0.688. The zero-order valence-electron chi connectivity index (χ0n) is 11.8. The molecule has 2 rings (SSSR count). The molecule has 108 valence electrons. The first-order chi connectivity index (χ1) is 9.45. The first-order valence-corrected chi connectivity index (χ1v) is 7.52. The predicted molar refractivity (Wildman–Crippen MR) is 81.6 cm³/mol. The quantitative estimate of drug-likeness (QED) is 0.654. The van der Waals surface area contributed by atoms with E-state index in [4.69, 9.17) is 10.2 Å². The molecule has 1 amide bonds. The number of aromatic nitrogens is 1. The van der Waals surface area contributed by atoms with Gasteiger partial charge < -0.3 is 15.5 Å². The number of rotatable bonds is 5. The number of fused-ring (bicyclic) bond motifs is 1. The molecule has 20 heavy (non-hydrogen) atoms. The molecule has 0 saturated carbocycles. The molecule has 0 fully saturated rings. The maximum atomic E-state index is 11.8. The van der Waals surface area contributed by atoms with Crippen molar-refractivity contribution in [3.63, 3.8) is 0 Å². The van der Waals surface area contributed by atoms with Gasteiger partial charge in [0, 0.05) is 17.8 Å². The highest BCUT2D eigenvalue weighted by Gasteiger charge is 2.13. The molecule has 1 aromatic carbocycles. The van der Waals surface area contributed by atoms with Crippen LogP contribution in [0.15, 0.2) is 27.8 Å². The standard InChI is InChI=1S/C14H19N3O2S/c1-8(2)9(3)16-13(18)7-20-14-17-11-5-4-10(15)6-12(11)19-14/h4-6,8-9H,7,15H2,1-3H3,(H,16,18). The lowest BCUT2D eigenvalue weighted by molar-refractivity contribution is -0.119. The molecule has 1 heterocycles. The van der Waals surface area contributed by atoms with E-state index >= 15 is 0 Å². The Kier molecular flexibility index (Phi) is 4.54. The van der Waals surface area contributed by atoms with Crippen LogP contribution in [0.3, 0.4) is 0 Å². The number of anilines is 1. The third-order valence-electron chi connectivity index (χ3n) is 3.11. The normalized spacial score (nSPS) is 12.8. The number of amides is 1. The molecule has 5 nitrogen and oxygen atoms in total. The number of hydrogen-bond donors (Lipinski definition) is 2. The molecule has 1 unspecified atom stereocenters. The van der Waals surface area contributed by atoms with Crippen molar-refractivity contribution in [1.82, 2.24) is 10.3 Å². The minimum Gasteiger partial charge on any atom is -0.431 e. The Morgan fingerprint density at radius 1 is 1.45 bits per heavy atom. The Morgan fingerprint density at radius 2 is 2.20 bits per heavy atom. The van der Waals surface area contributed by atoms with Crippen LogP contribution in [0.5, 0.6) is 0 Å². The summed E-state index contributed by atoms with van der Waals surface area (Å²) in [4.78, 5) is 16.1. The first-order valence-electron chi connectivity index (χ1n) is 6.54. The number of nitrogens with one attached hydrogen (secondary N) is 1. The zero-order chi connectivity index (χ0) is 14.7. The molecule has 0 aliphatic rings. The van der Waals surface area contributed by atoms with E-state index in [9.17, 15) is 4.79 Å². The molecule has 1 aromatic heterocycles. The highest BCUT2D eigenvalue weighted by Crippen LogP contribution is 2.24. The van der Waals surface area contributed by atoms with Crippen LogP contribution in [0.25, 0.3) is 11.1 Å². The van der Waals surface area contributed by atoms with Crippen LogP contribution in [-0.4, -0.2) is 22.7 Å². The van der Waals surface area contributed by atoms with Gasteiger partial charge in [-0.2, -0.15) is 0 Å². The van der Waals surface area contributed by atoms with Crippen molar-refractivity contribution < 1.29 is 9.21 Å². The smallest absolute Gasteiger partial charge is 0.257 e. The molecule has 6 heteroatoms. The van der Waals surface area contributed by atoms with Gasteiger partial charge in [-0.05, 0) is 25.0 Å². The van der Waals surface area contributed by atoms with Crippen molar-refractivity contribution in [3.05, 3.63) is 18.2 Å². The predicted octanol–water partition coefficient (Wildman–Crippen LogP) is 2.66. The monoisotopic (exact) mass is 293 g/mol. The molecule has 0 radical (unpaired) electrons. The van der Waals surface area contributed by atoms with E-state index in [0.717, 1.165) is 5.52 Å². The van der Waals surface area contributed by atoms with E-state index < -0.39 is 0 Å². The summed E-state index contributed by atoms with van der Waals surface area (Å²) in [6.45, 7) is 6.14. The average molecular weight is 293 g/mol. The Bertz CT molecular complexity index is 609. The minimum atomic E-state index is -0.0158. The van der Waals surface area contributed by atoms with Gasteiger partial charge in [-0.15, -0.1) is 0 Å². The number of nitrogens with zero attached hydrogens (tertiary/aromatic N) is 1. The summed E-state index contributed by atoms with van der Waals surface area (Å²) in [5, 5.41) is 3.43. The second-order valence-electron chi connectivity index (χ2n) is 5.10. The second-order valence-corrected chi connectivity index (χ2v) is 6.02. The molecular formula is C14H19N3O2S. The third kappa shape index (κ3) is 3.66. The van der Waals surface area contributed by atoms with E-state index in [1.165, 1.54) is 11.8 Å². The lowest BCUT2D eigenvalue weighted by Gasteiger charge is -2.16. The largest absolute Gasteiger partial charge is 0.431 e. The van der Waals surface area contributed by atoms with E-state index in [0.29, 0.717) is 28.2 Å². The fraction of sp³-hybridized carbons (Fsp3) is 0.429. The van der Waals surface area contributed by atoms with Crippen LogP contribution >= 0.6 is 11.8 Å². The summed E-state index contributed by atoms with van der Waals surface area (Å²) >= 11 is 1.28. The van der Waals surface area contributed by atoms with Crippen LogP contribution in [0.2, 0.25) is 0 Å². The maximum Gasteiger partial charge on any atom is 0.257 e. The van der Waals surface area contributed by atoms with Crippen molar-refractivity contribution in [1.29, 1.82) is 0 Å². The van der Waals surface area contributed by atoms with Gasteiger partial charge in [-0.1, -0.05) is 25.6 Å². The topological polar surface area (TPSA) is 81.2 Å². The molecule has 0 aliphatic carbocycles. The number of carbonyl (C=O) groups is 1. The van der Waals surface area contributed by atoms with E-state index in [2.05, 4.69) is 24.1 Å². The highest BCUT2D eigenvalue weighted by atomic mass is 32.2. The molecule has 3 N–H and O–H groups in total. The van der Waals surface area contributed by atoms with E-state index in [-0.39, 0.29) is 11.9 Å². The molecule has 0 spiro atoms. The van der Waals surface area contributed by atoms with Gasteiger partial charge in [0.05, 0.1) is 5.75 Å². The van der Waals surface area contributed by atoms with Crippen molar-refractivity contribution in [3.8, 4) is 0 Å². The molecule has 2 aromatic rings. The molecule has 0 bridgehead atoms. The van der Waals surface area contributed by atoms with Crippen molar-refractivity contribution in [2.75, 3.05) is 11.5 Å². The molecule has 0 aliphatic heterocycles. The zero-order valence-corrected chi connectivity index (χ0v) is 12.7. The fourth-order valence-corrected chi connectivity index (χ4v) is 2.22. The molecular weight excluding hydrogens is 274 g/mol. The van der Waals surface area contributed by atoms with Crippen LogP contribution in [0.4, 0.5) is 5.69 Å². The van der Waals surface area contributed by atoms with Crippen molar-refractivity contribution in [2.45, 2.75) is 32.0 Å². The second kappa shape index (κ2) is 6.17. The lowest BCUT2D eigenvalue weighted by Crippen LogP contribution is -2.37. The summed E-state index contributed by atoms with van der Waals surface area (Å²) in [6.07, 6.45) is 0. The Morgan fingerprint density at radius 3 is 2.90 bits per heavy atom. The highest BCUT2D eigenvalue weighted by molar-refractivity contribution is 7.99. The summed E-state index contributed by atoms with van der Waals surface area (Å²) in [5.41, 5.74) is 7.70. The van der Waals surface area contributed by atoms with Crippen molar-refractivity contribution in [2.24, 2.45) is 5.92 Å². The number of nitrogens with two attached hydrogens (primary N) is 1. The van der Waals surface area contributed by atoms with Gasteiger partial charge in [0.2, 0.25) is 5.91 Å². The molecule has 1 atom stereocenters. The maximum absolute atomic E-state index is 11.8. The summed E-state index contributed by atoms with van der Waals surface area (Å²) < 4.78 is 5.54. The summed E-state index contributed by atoms with van der Waals surface area (Å²) in [7, 11) is 0. The van der Waals surface area contributed by atoms with Crippen LogP contribution in [0, 0.1) is 5.92 Å². The van der Waals surface area contributed by atoms with Gasteiger partial charge in [0.1, 0.15) is 5.52 Å². The number of hydrogen-bond acceptors (Lipinski definition) is 5. The Balaban J connectivity index is 1.94. The number of benzene rings is 1. The van der Waals surface area contributed by atoms with Crippen LogP contribution in [0.1, 0.15) is 20.8 Å². The van der Waals surface area contributed by atoms with Gasteiger partial charge >= 0.3 is 0 Å². The van der Waals surface area contributed by atoms with Gasteiger partial charge in [0.15, 0.2) is 5.58 Å². The summed E-state index contributed by atoms with van der Waals surface area (Å²) in [6, 6.07) is 5.47. The van der Waals surface area contributed by atoms with Crippen molar-refractivity contribution >= 4 is 34.5 Å².